The molecule has 1 aliphatic heterocycles. The Morgan fingerprint density at radius 3 is 2.59 bits per heavy atom. The molecular weight excluding hydrogens is 536 g/mol. The number of hydrogen-bond donors (Lipinski definition) is 1. The van der Waals surface area contributed by atoms with E-state index in [4.69, 9.17) is 9.47 Å². The zero-order valence-corrected chi connectivity index (χ0v) is 22.9. The molecule has 0 amide bonds. The van der Waals surface area contributed by atoms with Crippen LogP contribution in [0.15, 0.2) is 24.4 Å². The van der Waals surface area contributed by atoms with Gasteiger partial charge in [0.15, 0.2) is 5.65 Å². The van der Waals surface area contributed by atoms with Crippen molar-refractivity contribution in [3.8, 4) is 0 Å². The van der Waals surface area contributed by atoms with E-state index in [9.17, 15) is 17.6 Å². The molecule has 5 rings (SSSR count). The zero-order valence-electron chi connectivity index (χ0n) is 21.9. The van der Waals surface area contributed by atoms with Crippen LogP contribution in [0, 0.1) is 5.82 Å². The third-order valence-electron chi connectivity index (χ3n) is 6.37. The van der Waals surface area contributed by atoms with E-state index in [0.29, 0.717) is 49.8 Å². The van der Waals surface area contributed by atoms with Crippen molar-refractivity contribution in [2.24, 2.45) is 0 Å². The van der Waals surface area contributed by atoms with Gasteiger partial charge in [-0.3, -0.25) is 0 Å². The van der Waals surface area contributed by atoms with Crippen molar-refractivity contribution in [3.05, 3.63) is 41.6 Å². The van der Waals surface area contributed by atoms with Gasteiger partial charge in [-0.15, -0.1) is 0 Å². The van der Waals surface area contributed by atoms with E-state index in [1.165, 1.54) is 12.1 Å². The molecule has 1 aliphatic rings. The number of aromatic nitrogens is 6. The van der Waals surface area contributed by atoms with Crippen LogP contribution in [-0.2, 0) is 28.9 Å². The van der Waals surface area contributed by atoms with Crippen molar-refractivity contribution in [3.63, 3.8) is 0 Å². The van der Waals surface area contributed by atoms with E-state index in [1.54, 1.807) is 15.5 Å². The summed E-state index contributed by atoms with van der Waals surface area (Å²) < 4.78 is 69.3. The van der Waals surface area contributed by atoms with Crippen LogP contribution in [0.5, 0.6) is 0 Å². The summed E-state index contributed by atoms with van der Waals surface area (Å²) in [5.74, 6) is 0.312. The molecule has 10 nitrogen and oxygen atoms in total. The molecule has 1 aromatic carbocycles. The summed E-state index contributed by atoms with van der Waals surface area (Å²) in [6.07, 6.45) is -3.90. The van der Waals surface area contributed by atoms with E-state index in [1.807, 2.05) is 0 Å². The van der Waals surface area contributed by atoms with E-state index in [0.717, 1.165) is 16.8 Å². The first-order valence-electron chi connectivity index (χ1n) is 12.6. The van der Waals surface area contributed by atoms with Crippen molar-refractivity contribution in [2.45, 2.75) is 45.1 Å². The summed E-state index contributed by atoms with van der Waals surface area (Å²) in [5.41, 5.74) is -0.185. The standard InChI is InChI=1S/C24H30F4N8O2Si/c1-39(2,3)11-10-38-15-35-19-12-16(25)4-5-18(19)31-20(35)14-29-22-33-23(34-6-8-37-9-7-34)32-21-17(24(26,27)28)13-30-36(21)22/h4-5,12-13H,6-11,14-15H2,1-3H3,(H,29,32,33). The summed E-state index contributed by atoms with van der Waals surface area (Å²) in [7, 11) is -1.31. The Labute approximate surface area is 223 Å². The van der Waals surface area contributed by atoms with Crippen LogP contribution in [0.3, 0.4) is 0 Å². The quantitative estimate of drug-likeness (QED) is 0.181. The number of imidazole rings is 1. The van der Waals surface area contributed by atoms with Gasteiger partial charge in [-0.1, -0.05) is 19.6 Å². The number of rotatable bonds is 9. The summed E-state index contributed by atoms with van der Waals surface area (Å²) in [6.45, 7) is 9.26. The van der Waals surface area contributed by atoms with Crippen LogP contribution in [-0.4, -0.2) is 70.1 Å². The van der Waals surface area contributed by atoms with Gasteiger partial charge in [-0.2, -0.15) is 32.8 Å². The van der Waals surface area contributed by atoms with Gasteiger partial charge >= 0.3 is 6.18 Å². The summed E-state index contributed by atoms with van der Waals surface area (Å²) in [6, 6.07) is 5.26. The van der Waals surface area contributed by atoms with Gasteiger partial charge < -0.3 is 24.3 Å². The van der Waals surface area contributed by atoms with Gasteiger partial charge in [0.05, 0.1) is 37.0 Å². The first-order valence-corrected chi connectivity index (χ1v) is 16.3. The van der Waals surface area contributed by atoms with E-state index < -0.39 is 25.6 Å². The summed E-state index contributed by atoms with van der Waals surface area (Å²) >= 11 is 0. The van der Waals surface area contributed by atoms with E-state index in [2.05, 4.69) is 45.0 Å². The normalized spacial score (nSPS) is 15.0. The van der Waals surface area contributed by atoms with E-state index >= 15 is 0 Å². The molecule has 0 bridgehead atoms. The van der Waals surface area contributed by atoms with Crippen molar-refractivity contribution in [1.82, 2.24) is 29.1 Å². The zero-order chi connectivity index (χ0) is 27.8. The highest BCUT2D eigenvalue weighted by Gasteiger charge is 2.36. The number of halogens is 4. The van der Waals surface area contributed by atoms with Crippen LogP contribution in [0.25, 0.3) is 16.7 Å². The smallest absolute Gasteiger partial charge is 0.378 e. The first-order chi connectivity index (χ1) is 18.5. The Morgan fingerprint density at radius 1 is 1.10 bits per heavy atom. The number of ether oxygens (including phenoxy) is 2. The number of nitrogens with one attached hydrogen (secondary N) is 1. The van der Waals surface area contributed by atoms with Gasteiger partial charge in [0.1, 0.15) is 23.9 Å². The summed E-state index contributed by atoms with van der Waals surface area (Å²) in [4.78, 5) is 15.1. The highest BCUT2D eigenvalue weighted by molar-refractivity contribution is 6.76. The van der Waals surface area contributed by atoms with Crippen LogP contribution in [0.2, 0.25) is 25.7 Å². The Hall–Kier alpha value is -3.30. The molecular formula is C24H30F4N8O2Si. The fourth-order valence-electron chi connectivity index (χ4n) is 4.20. The lowest BCUT2D eigenvalue weighted by Gasteiger charge is -2.27. The van der Waals surface area contributed by atoms with Crippen LogP contribution in [0.1, 0.15) is 11.4 Å². The third-order valence-corrected chi connectivity index (χ3v) is 8.07. The molecule has 0 unspecified atom stereocenters. The van der Waals surface area contributed by atoms with Crippen LogP contribution >= 0.6 is 0 Å². The van der Waals surface area contributed by atoms with Crippen molar-refractivity contribution < 1.29 is 27.0 Å². The van der Waals surface area contributed by atoms with Gasteiger partial charge in [0, 0.05) is 27.8 Å². The molecule has 15 heteroatoms. The second kappa shape index (κ2) is 10.7. The average molecular weight is 567 g/mol. The second-order valence-corrected chi connectivity index (χ2v) is 16.2. The molecule has 4 heterocycles. The van der Waals surface area contributed by atoms with Crippen LogP contribution in [0.4, 0.5) is 29.5 Å². The van der Waals surface area contributed by atoms with Gasteiger partial charge in [-0.05, 0) is 24.2 Å². The fourth-order valence-corrected chi connectivity index (χ4v) is 4.96. The lowest BCUT2D eigenvalue weighted by atomic mass is 10.3. The molecule has 4 aromatic rings. The van der Waals surface area contributed by atoms with Gasteiger partial charge in [-0.25, -0.2) is 9.37 Å². The lowest BCUT2D eigenvalue weighted by molar-refractivity contribution is -0.136. The number of fused-ring (bicyclic) bond motifs is 2. The van der Waals surface area contributed by atoms with Gasteiger partial charge in [0.25, 0.3) is 0 Å². The highest BCUT2D eigenvalue weighted by Crippen LogP contribution is 2.33. The molecule has 1 N–H and O–H groups in total. The number of morpholine rings is 1. The number of benzene rings is 1. The maximum absolute atomic E-state index is 14.1. The predicted octanol–water partition coefficient (Wildman–Crippen LogP) is 4.39. The van der Waals surface area contributed by atoms with Crippen LogP contribution < -0.4 is 10.2 Å². The van der Waals surface area contributed by atoms with Crippen molar-refractivity contribution in [2.75, 3.05) is 43.1 Å². The molecule has 0 saturated carbocycles. The Balaban J connectivity index is 1.47. The topological polar surface area (TPSA) is 94.6 Å². The maximum atomic E-state index is 14.1. The predicted molar refractivity (Wildman–Crippen MR) is 140 cm³/mol. The third kappa shape index (κ3) is 6.14. The minimum absolute atomic E-state index is 0.0708. The van der Waals surface area contributed by atoms with E-state index in [-0.39, 0.29) is 30.8 Å². The fraction of sp³-hybridized carbons (Fsp3) is 0.500. The molecule has 1 saturated heterocycles. The number of alkyl halides is 3. The Bertz CT molecular complexity index is 1460. The molecule has 1 fully saturated rings. The second-order valence-electron chi connectivity index (χ2n) is 10.5. The number of nitrogens with zero attached hydrogens (tertiary/aromatic N) is 7. The van der Waals surface area contributed by atoms with Gasteiger partial charge in [0.2, 0.25) is 11.9 Å². The Morgan fingerprint density at radius 2 is 1.87 bits per heavy atom. The number of hydrogen-bond acceptors (Lipinski definition) is 8. The molecule has 0 spiro atoms. The Kier molecular flexibility index (Phi) is 7.48. The number of anilines is 2. The molecule has 210 valence electrons. The minimum Gasteiger partial charge on any atom is -0.378 e. The molecule has 0 atom stereocenters. The van der Waals surface area contributed by atoms with Crippen molar-refractivity contribution in [1.29, 1.82) is 0 Å². The molecule has 0 aliphatic carbocycles. The highest BCUT2D eigenvalue weighted by atomic mass is 28.3. The summed E-state index contributed by atoms with van der Waals surface area (Å²) in [5, 5.41) is 6.99. The largest absolute Gasteiger partial charge is 0.421 e. The average Bonchev–Trinajstić information content (AvgIpc) is 3.46. The minimum atomic E-state index is -4.64. The monoisotopic (exact) mass is 566 g/mol. The lowest BCUT2D eigenvalue weighted by Crippen LogP contribution is -2.37. The molecule has 0 radical (unpaired) electrons. The van der Waals surface area contributed by atoms with Crippen molar-refractivity contribution >= 4 is 36.7 Å². The SMILES string of the molecule is C[Si](C)(C)CCOCn1c(CNc2nc(N3CCOCC3)nc3c(C(F)(F)F)cnn23)nc2ccc(F)cc21. The maximum Gasteiger partial charge on any atom is 0.421 e. The first kappa shape index (κ1) is 27.3. The molecule has 39 heavy (non-hydrogen) atoms. The molecule has 3 aromatic heterocycles.